The van der Waals surface area contributed by atoms with Crippen LogP contribution in [0.15, 0.2) is 58.1 Å². The van der Waals surface area contributed by atoms with Crippen LogP contribution in [0.25, 0.3) is 21.9 Å². The third-order valence-electron chi connectivity index (χ3n) is 4.84. The van der Waals surface area contributed by atoms with Crippen LogP contribution in [0, 0.1) is 5.92 Å². The summed E-state index contributed by atoms with van der Waals surface area (Å²) in [6.07, 6.45) is 5.05. The van der Waals surface area contributed by atoms with Crippen molar-refractivity contribution in [3.8, 4) is 0 Å². The van der Waals surface area contributed by atoms with Gasteiger partial charge in [-0.05, 0) is 24.5 Å². The van der Waals surface area contributed by atoms with E-state index in [4.69, 9.17) is 4.42 Å². The fraction of sp³-hybridized carbons (Fsp3) is 0.286. The van der Waals surface area contributed by atoms with E-state index >= 15 is 0 Å². The van der Waals surface area contributed by atoms with E-state index < -0.39 is 8.07 Å². The lowest BCUT2D eigenvalue weighted by molar-refractivity contribution is 0.667. The number of furan rings is 1. The van der Waals surface area contributed by atoms with Gasteiger partial charge in [-0.3, -0.25) is 4.99 Å². The Labute approximate surface area is 143 Å². The molecule has 0 N–H and O–H groups in total. The molecule has 3 heteroatoms. The average Bonchev–Trinajstić information content (AvgIpc) is 2.91. The lowest BCUT2D eigenvalue weighted by Crippen LogP contribution is -2.37. The van der Waals surface area contributed by atoms with Crippen molar-refractivity contribution >= 4 is 40.9 Å². The predicted octanol–water partition coefficient (Wildman–Crippen LogP) is 5.47. The number of hydrogen-bond donors (Lipinski definition) is 0. The Morgan fingerprint density at radius 2 is 1.92 bits per heavy atom. The molecule has 3 aromatic rings. The molecule has 0 aliphatic carbocycles. The lowest BCUT2D eigenvalue weighted by atomic mass is 9.96. The molecule has 1 atom stereocenters. The van der Waals surface area contributed by atoms with Gasteiger partial charge in [0.1, 0.15) is 11.2 Å². The predicted molar refractivity (Wildman–Crippen MR) is 106 cm³/mol. The van der Waals surface area contributed by atoms with Crippen molar-refractivity contribution in [1.29, 1.82) is 0 Å². The topological polar surface area (TPSA) is 25.5 Å². The molecule has 122 valence electrons. The second kappa shape index (κ2) is 5.45. The number of allylic oxidation sites excluding steroid dienone is 1. The van der Waals surface area contributed by atoms with Gasteiger partial charge in [0.05, 0.1) is 13.8 Å². The first-order valence-electron chi connectivity index (χ1n) is 8.63. The number of rotatable bonds is 2. The smallest absolute Gasteiger partial charge is 0.144 e. The van der Waals surface area contributed by atoms with Crippen LogP contribution < -0.4 is 5.19 Å². The first-order chi connectivity index (χ1) is 11.4. The number of aliphatic imine (C=N–C) groups is 1. The molecule has 0 amide bonds. The zero-order valence-corrected chi connectivity index (χ0v) is 15.8. The molecule has 0 radical (unpaired) electrons. The molecule has 2 heterocycles. The number of benzene rings is 2. The van der Waals surface area contributed by atoms with Gasteiger partial charge in [0.2, 0.25) is 0 Å². The largest absolute Gasteiger partial charge is 0.455 e. The van der Waals surface area contributed by atoms with Crippen molar-refractivity contribution in [1.82, 2.24) is 0 Å². The van der Waals surface area contributed by atoms with Gasteiger partial charge in [0.25, 0.3) is 0 Å². The number of para-hydroxylation sites is 1. The Kier molecular flexibility index (Phi) is 3.50. The molecule has 1 aliphatic heterocycles. The van der Waals surface area contributed by atoms with Crippen LogP contribution in [0.2, 0.25) is 19.6 Å². The summed E-state index contributed by atoms with van der Waals surface area (Å²) >= 11 is 0. The molecule has 1 unspecified atom stereocenters. The van der Waals surface area contributed by atoms with Gasteiger partial charge in [-0.2, -0.15) is 0 Å². The second-order valence-corrected chi connectivity index (χ2v) is 12.9. The Morgan fingerprint density at radius 3 is 2.67 bits per heavy atom. The van der Waals surface area contributed by atoms with E-state index in [1.807, 2.05) is 6.20 Å². The molecule has 0 saturated heterocycles. The van der Waals surface area contributed by atoms with Crippen LogP contribution in [-0.4, -0.2) is 13.8 Å². The van der Waals surface area contributed by atoms with Crippen molar-refractivity contribution < 1.29 is 4.42 Å². The minimum absolute atomic E-state index is 0.524. The highest BCUT2D eigenvalue weighted by atomic mass is 28.3. The van der Waals surface area contributed by atoms with E-state index in [0.29, 0.717) is 5.92 Å². The van der Waals surface area contributed by atoms with E-state index in [1.54, 1.807) is 0 Å². The SMILES string of the molecule is CC1C=CN=C(c2cccc3c2oc2cc([Si](C)(C)C)ccc23)C1. The van der Waals surface area contributed by atoms with Gasteiger partial charge in [0.15, 0.2) is 0 Å². The first-order valence-corrected chi connectivity index (χ1v) is 12.1. The molecule has 1 aromatic heterocycles. The van der Waals surface area contributed by atoms with E-state index in [-0.39, 0.29) is 0 Å². The summed E-state index contributed by atoms with van der Waals surface area (Å²) < 4.78 is 6.33. The molecule has 0 fully saturated rings. The average molecular weight is 334 g/mol. The Hall–Kier alpha value is -2.13. The van der Waals surface area contributed by atoms with Crippen molar-refractivity contribution in [2.24, 2.45) is 10.9 Å². The highest BCUT2D eigenvalue weighted by Crippen LogP contribution is 2.32. The number of nitrogens with zero attached hydrogens (tertiary/aromatic N) is 1. The van der Waals surface area contributed by atoms with E-state index in [9.17, 15) is 0 Å². The van der Waals surface area contributed by atoms with Crippen molar-refractivity contribution in [2.75, 3.05) is 0 Å². The second-order valence-electron chi connectivity index (χ2n) is 7.84. The van der Waals surface area contributed by atoms with E-state index in [2.05, 4.69) is 74.0 Å². The maximum atomic E-state index is 6.33. The molecule has 0 bridgehead atoms. The number of hydrogen-bond acceptors (Lipinski definition) is 2. The van der Waals surface area contributed by atoms with Gasteiger partial charge in [-0.1, -0.05) is 62.1 Å². The van der Waals surface area contributed by atoms with E-state index in [1.165, 1.54) is 16.0 Å². The van der Waals surface area contributed by atoms with Crippen LogP contribution in [0.5, 0.6) is 0 Å². The minimum atomic E-state index is -1.35. The van der Waals surface area contributed by atoms with Crippen molar-refractivity contribution in [3.05, 3.63) is 54.2 Å². The fourth-order valence-corrected chi connectivity index (χ4v) is 4.52. The summed E-state index contributed by atoms with van der Waals surface area (Å²) in [5, 5.41) is 3.82. The summed E-state index contributed by atoms with van der Waals surface area (Å²) in [6, 6.07) is 13.2. The van der Waals surface area contributed by atoms with Crippen LogP contribution in [0.3, 0.4) is 0 Å². The van der Waals surface area contributed by atoms with Gasteiger partial charge in [-0.25, -0.2) is 0 Å². The summed E-state index contributed by atoms with van der Waals surface area (Å²) in [5.74, 6) is 0.524. The summed E-state index contributed by atoms with van der Waals surface area (Å²) in [5.41, 5.74) is 4.23. The zero-order valence-electron chi connectivity index (χ0n) is 14.8. The summed E-state index contributed by atoms with van der Waals surface area (Å²) in [6.45, 7) is 9.33. The Morgan fingerprint density at radius 1 is 1.08 bits per heavy atom. The quantitative estimate of drug-likeness (QED) is 0.571. The lowest BCUT2D eigenvalue weighted by Gasteiger charge is -2.15. The van der Waals surface area contributed by atoms with Gasteiger partial charge < -0.3 is 4.42 Å². The highest BCUT2D eigenvalue weighted by molar-refractivity contribution is 6.88. The maximum absolute atomic E-state index is 6.33. The molecular formula is C21H23NOSi. The molecule has 2 nitrogen and oxygen atoms in total. The molecule has 2 aromatic carbocycles. The van der Waals surface area contributed by atoms with Gasteiger partial charge in [0, 0.05) is 22.5 Å². The summed E-state index contributed by atoms with van der Waals surface area (Å²) in [7, 11) is -1.35. The molecule has 1 aliphatic rings. The molecule has 24 heavy (non-hydrogen) atoms. The zero-order chi connectivity index (χ0) is 16.9. The first kappa shape index (κ1) is 15.4. The molecule has 4 rings (SSSR count). The summed E-state index contributed by atoms with van der Waals surface area (Å²) in [4.78, 5) is 4.61. The third-order valence-corrected chi connectivity index (χ3v) is 6.88. The highest BCUT2D eigenvalue weighted by Gasteiger charge is 2.20. The monoisotopic (exact) mass is 333 g/mol. The standard InChI is InChI=1S/C21H23NOSi/c1-14-10-11-22-19(12-14)18-7-5-6-17-16-9-8-15(24(2,3)4)13-20(16)23-21(17)18/h5-11,13-14H,12H2,1-4H3. The van der Waals surface area contributed by atoms with Crippen LogP contribution in [0.1, 0.15) is 18.9 Å². The Bertz CT molecular complexity index is 988. The Balaban J connectivity index is 1.94. The van der Waals surface area contributed by atoms with Crippen molar-refractivity contribution in [2.45, 2.75) is 33.0 Å². The third kappa shape index (κ3) is 2.53. The minimum Gasteiger partial charge on any atom is -0.455 e. The number of fused-ring (bicyclic) bond motifs is 3. The molecule has 0 saturated carbocycles. The molecule has 0 spiro atoms. The molecular weight excluding hydrogens is 310 g/mol. The van der Waals surface area contributed by atoms with E-state index in [0.717, 1.165) is 28.9 Å². The fourth-order valence-electron chi connectivity index (χ4n) is 3.38. The van der Waals surface area contributed by atoms with Crippen LogP contribution >= 0.6 is 0 Å². The normalized spacial score (nSPS) is 18.3. The van der Waals surface area contributed by atoms with Crippen molar-refractivity contribution in [3.63, 3.8) is 0 Å². The van der Waals surface area contributed by atoms with Crippen LogP contribution in [-0.2, 0) is 0 Å². The van der Waals surface area contributed by atoms with Gasteiger partial charge in [-0.15, -0.1) is 0 Å². The van der Waals surface area contributed by atoms with Crippen LogP contribution in [0.4, 0.5) is 0 Å². The van der Waals surface area contributed by atoms with Gasteiger partial charge >= 0.3 is 0 Å². The maximum Gasteiger partial charge on any atom is 0.144 e.